The maximum absolute atomic E-state index is 13.5. The summed E-state index contributed by atoms with van der Waals surface area (Å²) in [5, 5.41) is 3.34. The number of nitrogens with zero attached hydrogens (tertiary/aromatic N) is 2. The van der Waals surface area contributed by atoms with Crippen LogP contribution in [0.25, 0.3) is 11.4 Å². The Bertz CT molecular complexity index is 602. The predicted molar refractivity (Wildman–Crippen MR) is 80.6 cm³/mol. The number of halogens is 2. The zero-order valence-electron chi connectivity index (χ0n) is 11.6. The van der Waals surface area contributed by atoms with Gasteiger partial charge in [-0.1, -0.05) is 25.4 Å². The van der Waals surface area contributed by atoms with Crippen molar-refractivity contribution >= 4 is 17.4 Å². The van der Waals surface area contributed by atoms with Gasteiger partial charge in [0, 0.05) is 23.9 Å². The highest BCUT2D eigenvalue weighted by atomic mass is 35.5. The van der Waals surface area contributed by atoms with Crippen molar-refractivity contribution in [3.8, 4) is 11.4 Å². The number of nitrogens with one attached hydrogen (secondary N) is 1. The molecular weight excluding hydrogens is 277 g/mol. The van der Waals surface area contributed by atoms with Gasteiger partial charge in [0.1, 0.15) is 11.6 Å². The van der Waals surface area contributed by atoms with Gasteiger partial charge in [-0.05, 0) is 31.0 Å². The van der Waals surface area contributed by atoms with E-state index in [0.717, 1.165) is 30.9 Å². The van der Waals surface area contributed by atoms with E-state index in [1.165, 1.54) is 12.1 Å². The second-order valence-corrected chi connectivity index (χ2v) is 4.88. The van der Waals surface area contributed by atoms with E-state index in [1.807, 2.05) is 13.0 Å². The molecule has 0 aliphatic heterocycles. The van der Waals surface area contributed by atoms with Crippen LogP contribution in [-0.4, -0.2) is 16.5 Å². The summed E-state index contributed by atoms with van der Waals surface area (Å²) in [6, 6.07) is 6.53. The highest BCUT2D eigenvalue weighted by Crippen LogP contribution is 2.23. The molecule has 2 aromatic rings. The molecule has 1 heterocycles. The van der Waals surface area contributed by atoms with Crippen LogP contribution in [0.4, 0.5) is 10.2 Å². The summed E-state index contributed by atoms with van der Waals surface area (Å²) in [7, 11) is 0. The summed E-state index contributed by atoms with van der Waals surface area (Å²) in [6.07, 6.45) is 1.81. The van der Waals surface area contributed by atoms with Crippen LogP contribution in [0.1, 0.15) is 26.0 Å². The summed E-state index contributed by atoms with van der Waals surface area (Å²) in [6.45, 7) is 4.96. The molecule has 1 aromatic carbocycles. The lowest BCUT2D eigenvalue weighted by Gasteiger charge is -2.09. The van der Waals surface area contributed by atoms with Crippen molar-refractivity contribution in [1.29, 1.82) is 0 Å². The molecule has 1 N–H and O–H groups in total. The van der Waals surface area contributed by atoms with E-state index in [0.29, 0.717) is 11.4 Å². The van der Waals surface area contributed by atoms with Crippen molar-refractivity contribution in [3.05, 3.63) is 40.8 Å². The lowest BCUT2D eigenvalue weighted by atomic mass is 10.2. The summed E-state index contributed by atoms with van der Waals surface area (Å²) >= 11 is 5.70. The minimum atomic E-state index is -0.460. The molecule has 0 bridgehead atoms. The normalized spacial score (nSPS) is 10.6. The van der Waals surface area contributed by atoms with Crippen LogP contribution >= 0.6 is 11.6 Å². The maximum atomic E-state index is 13.5. The first kappa shape index (κ1) is 14.7. The predicted octanol–water partition coefficient (Wildman–Crippen LogP) is 4.32. The van der Waals surface area contributed by atoms with Gasteiger partial charge in [-0.15, -0.1) is 0 Å². The van der Waals surface area contributed by atoms with E-state index in [9.17, 15) is 4.39 Å². The molecule has 106 valence electrons. The number of benzene rings is 1. The molecule has 0 atom stereocenters. The molecule has 20 heavy (non-hydrogen) atoms. The van der Waals surface area contributed by atoms with Crippen LogP contribution in [0.5, 0.6) is 0 Å². The molecule has 2 rings (SSSR count). The van der Waals surface area contributed by atoms with Crippen LogP contribution in [-0.2, 0) is 6.42 Å². The van der Waals surface area contributed by atoms with Gasteiger partial charge in [-0.2, -0.15) is 0 Å². The highest BCUT2D eigenvalue weighted by Gasteiger charge is 2.08. The van der Waals surface area contributed by atoms with E-state index in [2.05, 4.69) is 22.2 Å². The fourth-order valence-electron chi connectivity index (χ4n) is 1.79. The van der Waals surface area contributed by atoms with Gasteiger partial charge in [-0.25, -0.2) is 14.4 Å². The average Bonchev–Trinajstić information content (AvgIpc) is 2.47. The van der Waals surface area contributed by atoms with Crippen molar-refractivity contribution in [2.24, 2.45) is 0 Å². The van der Waals surface area contributed by atoms with Gasteiger partial charge in [0.25, 0.3) is 0 Å². The second-order valence-electron chi connectivity index (χ2n) is 4.48. The number of aryl methyl sites for hydroxylation is 1. The molecule has 0 radical (unpaired) electrons. The summed E-state index contributed by atoms with van der Waals surface area (Å²) < 4.78 is 13.5. The Morgan fingerprint density at radius 3 is 2.65 bits per heavy atom. The Morgan fingerprint density at radius 2 is 2.00 bits per heavy atom. The fraction of sp³-hybridized carbons (Fsp3) is 0.333. The van der Waals surface area contributed by atoms with Gasteiger partial charge in [-0.3, -0.25) is 0 Å². The van der Waals surface area contributed by atoms with Crippen molar-refractivity contribution < 1.29 is 4.39 Å². The zero-order valence-corrected chi connectivity index (χ0v) is 12.3. The number of anilines is 1. The summed E-state index contributed by atoms with van der Waals surface area (Å²) in [4.78, 5) is 8.87. The lowest BCUT2D eigenvalue weighted by molar-refractivity contribution is 0.628. The Hall–Kier alpha value is -1.68. The first-order valence-corrected chi connectivity index (χ1v) is 7.09. The van der Waals surface area contributed by atoms with Crippen LogP contribution < -0.4 is 5.32 Å². The highest BCUT2D eigenvalue weighted by molar-refractivity contribution is 6.30. The maximum Gasteiger partial charge on any atom is 0.161 e. The van der Waals surface area contributed by atoms with Gasteiger partial charge in [0.05, 0.1) is 5.02 Å². The molecule has 3 nitrogen and oxygen atoms in total. The molecule has 0 spiro atoms. The Kier molecular flexibility index (Phi) is 4.90. The molecule has 0 unspecified atom stereocenters. The van der Waals surface area contributed by atoms with E-state index < -0.39 is 5.82 Å². The first-order valence-electron chi connectivity index (χ1n) is 6.71. The largest absolute Gasteiger partial charge is 0.370 e. The molecule has 0 amide bonds. The second kappa shape index (κ2) is 6.66. The SMILES string of the molecule is CCCNc1cc(CC)nc(-c2ccc(Cl)c(F)c2)n1. The third-order valence-electron chi connectivity index (χ3n) is 2.88. The number of hydrogen-bond donors (Lipinski definition) is 1. The van der Waals surface area contributed by atoms with Crippen LogP contribution in [0.15, 0.2) is 24.3 Å². The summed E-state index contributed by atoms with van der Waals surface area (Å²) in [5.41, 5.74) is 1.55. The summed E-state index contributed by atoms with van der Waals surface area (Å²) in [5.74, 6) is 0.820. The zero-order chi connectivity index (χ0) is 14.5. The Labute approximate surface area is 123 Å². The smallest absolute Gasteiger partial charge is 0.161 e. The van der Waals surface area contributed by atoms with Crippen molar-refractivity contribution in [2.75, 3.05) is 11.9 Å². The van der Waals surface area contributed by atoms with Gasteiger partial charge >= 0.3 is 0 Å². The standard InChI is InChI=1S/C15H17ClFN3/c1-3-7-18-14-9-11(4-2)19-15(20-14)10-5-6-12(16)13(17)8-10/h5-6,8-9H,3-4,7H2,1-2H3,(H,18,19,20). The van der Waals surface area contributed by atoms with Crippen LogP contribution in [0.3, 0.4) is 0 Å². The molecule has 0 saturated heterocycles. The molecule has 0 aliphatic rings. The number of hydrogen-bond acceptors (Lipinski definition) is 3. The Morgan fingerprint density at radius 1 is 1.20 bits per heavy atom. The first-order chi connectivity index (χ1) is 9.63. The van der Waals surface area contributed by atoms with Crippen LogP contribution in [0, 0.1) is 5.82 Å². The van der Waals surface area contributed by atoms with Crippen LogP contribution in [0.2, 0.25) is 5.02 Å². The van der Waals surface area contributed by atoms with Gasteiger partial charge < -0.3 is 5.32 Å². The minimum Gasteiger partial charge on any atom is -0.370 e. The third-order valence-corrected chi connectivity index (χ3v) is 3.18. The Balaban J connectivity index is 2.41. The van der Waals surface area contributed by atoms with Crippen molar-refractivity contribution in [2.45, 2.75) is 26.7 Å². The number of aromatic nitrogens is 2. The molecule has 0 fully saturated rings. The average molecular weight is 294 g/mol. The topological polar surface area (TPSA) is 37.8 Å². The van der Waals surface area contributed by atoms with E-state index >= 15 is 0 Å². The number of rotatable bonds is 5. The van der Waals surface area contributed by atoms with E-state index in [4.69, 9.17) is 11.6 Å². The molecule has 0 aliphatic carbocycles. The lowest BCUT2D eigenvalue weighted by Crippen LogP contribution is -2.05. The molecule has 0 saturated carbocycles. The monoisotopic (exact) mass is 293 g/mol. The third kappa shape index (κ3) is 3.45. The van der Waals surface area contributed by atoms with Crippen molar-refractivity contribution in [3.63, 3.8) is 0 Å². The van der Waals surface area contributed by atoms with Gasteiger partial charge in [0.2, 0.25) is 0 Å². The van der Waals surface area contributed by atoms with Gasteiger partial charge in [0.15, 0.2) is 5.82 Å². The quantitative estimate of drug-likeness (QED) is 0.892. The fourth-order valence-corrected chi connectivity index (χ4v) is 1.90. The molecule has 1 aromatic heterocycles. The van der Waals surface area contributed by atoms with Crippen molar-refractivity contribution in [1.82, 2.24) is 9.97 Å². The van der Waals surface area contributed by atoms with E-state index in [1.54, 1.807) is 6.07 Å². The molecular formula is C15H17ClFN3. The van der Waals surface area contributed by atoms with E-state index in [-0.39, 0.29) is 5.02 Å². The minimum absolute atomic E-state index is 0.102. The molecule has 5 heteroatoms.